The average Bonchev–Trinajstić information content (AvgIpc) is 3.27. The molecule has 2 aromatic carbocycles. The lowest BCUT2D eigenvalue weighted by Crippen LogP contribution is -2.22. The highest BCUT2D eigenvalue weighted by atomic mass is 79.9. The van der Waals surface area contributed by atoms with Crippen molar-refractivity contribution in [3.05, 3.63) is 70.0 Å². The van der Waals surface area contributed by atoms with Crippen LogP contribution in [0.5, 0.6) is 0 Å². The summed E-state index contributed by atoms with van der Waals surface area (Å²) in [5.41, 5.74) is 2.69. The third-order valence-corrected chi connectivity index (χ3v) is 5.61. The van der Waals surface area contributed by atoms with E-state index in [0.717, 1.165) is 37.8 Å². The molecular formula is C19H16BrN5OS. The molecular weight excluding hydrogens is 426 g/mol. The minimum absolute atomic E-state index is 0.0904. The van der Waals surface area contributed by atoms with Crippen LogP contribution >= 0.6 is 27.3 Å². The standard InChI is InChI=1S/C19H16BrN5OS/c1-2-16-22-23-19-25(16)24-18(27-19)14-5-3-12(4-6-14)11-21-17(26)13-7-9-15(20)10-8-13/h3-10H,2,11H2,1H3,(H,21,26). The zero-order valence-corrected chi connectivity index (χ0v) is 16.9. The van der Waals surface area contributed by atoms with Crippen molar-refractivity contribution >= 4 is 38.1 Å². The van der Waals surface area contributed by atoms with Crippen molar-refractivity contribution < 1.29 is 4.79 Å². The summed E-state index contributed by atoms with van der Waals surface area (Å²) >= 11 is 4.88. The van der Waals surface area contributed by atoms with Gasteiger partial charge in [-0.25, -0.2) is 0 Å². The zero-order chi connectivity index (χ0) is 18.8. The Kier molecular flexibility index (Phi) is 5.00. The van der Waals surface area contributed by atoms with Crippen LogP contribution in [0.2, 0.25) is 0 Å². The number of hydrogen-bond acceptors (Lipinski definition) is 5. The van der Waals surface area contributed by atoms with E-state index in [-0.39, 0.29) is 5.91 Å². The molecule has 0 radical (unpaired) electrons. The molecule has 4 rings (SSSR count). The highest BCUT2D eigenvalue weighted by molar-refractivity contribution is 9.10. The van der Waals surface area contributed by atoms with Gasteiger partial charge in [-0.1, -0.05) is 58.5 Å². The van der Waals surface area contributed by atoms with Crippen LogP contribution in [0, 0.1) is 0 Å². The van der Waals surface area contributed by atoms with Gasteiger partial charge in [-0.2, -0.15) is 9.61 Å². The van der Waals surface area contributed by atoms with E-state index in [2.05, 4.69) is 36.5 Å². The predicted octanol–water partition coefficient (Wildman–Crippen LogP) is 4.11. The van der Waals surface area contributed by atoms with Gasteiger partial charge in [-0.3, -0.25) is 4.79 Å². The lowest BCUT2D eigenvalue weighted by molar-refractivity contribution is 0.0951. The molecule has 0 unspecified atom stereocenters. The van der Waals surface area contributed by atoms with E-state index < -0.39 is 0 Å². The molecule has 1 amide bonds. The summed E-state index contributed by atoms with van der Waals surface area (Å²) in [7, 11) is 0. The molecule has 0 aliphatic carbocycles. The highest BCUT2D eigenvalue weighted by Gasteiger charge is 2.12. The summed E-state index contributed by atoms with van der Waals surface area (Å²) in [5, 5.41) is 16.7. The summed E-state index contributed by atoms with van der Waals surface area (Å²) < 4.78 is 2.75. The molecule has 8 heteroatoms. The molecule has 1 N–H and O–H groups in total. The van der Waals surface area contributed by atoms with E-state index in [1.165, 1.54) is 11.3 Å². The Morgan fingerprint density at radius 1 is 1.11 bits per heavy atom. The predicted molar refractivity (Wildman–Crippen MR) is 109 cm³/mol. The van der Waals surface area contributed by atoms with Crippen LogP contribution < -0.4 is 5.32 Å². The van der Waals surface area contributed by atoms with Crippen LogP contribution in [-0.4, -0.2) is 25.7 Å². The lowest BCUT2D eigenvalue weighted by atomic mass is 10.1. The maximum Gasteiger partial charge on any atom is 0.251 e. The largest absolute Gasteiger partial charge is 0.348 e. The van der Waals surface area contributed by atoms with E-state index in [4.69, 9.17) is 0 Å². The zero-order valence-electron chi connectivity index (χ0n) is 14.5. The fraction of sp³-hybridized carbons (Fsp3) is 0.158. The van der Waals surface area contributed by atoms with Crippen molar-refractivity contribution in [2.24, 2.45) is 0 Å². The first kappa shape index (κ1) is 17.8. The first-order valence-electron chi connectivity index (χ1n) is 8.48. The molecule has 27 heavy (non-hydrogen) atoms. The minimum Gasteiger partial charge on any atom is -0.348 e. The van der Waals surface area contributed by atoms with E-state index in [0.29, 0.717) is 12.1 Å². The second kappa shape index (κ2) is 7.58. The maximum absolute atomic E-state index is 12.2. The number of nitrogens with one attached hydrogen (secondary N) is 1. The molecule has 0 spiro atoms. The van der Waals surface area contributed by atoms with Crippen LogP contribution in [0.25, 0.3) is 15.5 Å². The summed E-state index contributed by atoms with van der Waals surface area (Å²) in [4.78, 5) is 13.0. The van der Waals surface area contributed by atoms with Crippen LogP contribution in [-0.2, 0) is 13.0 Å². The number of halogens is 1. The number of carbonyl (C=O) groups is 1. The maximum atomic E-state index is 12.2. The SMILES string of the molecule is CCc1nnc2sc(-c3ccc(CNC(=O)c4ccc(Br)cc4)cc3)nn12. The third kappa shape index (κ3) is 3.77. The number of rotatable bonds is 5. The third-order valence-electron chi connectivity index (χ3n) is 4.13. The van der Waals surface area contributed by atoms with E-state index in [1.54, 1.807) is 16.6 Å². The Bertz CT molecular complexity index is 1090. The van der Waals surface area contributed by atoms with Crippen molar-refractivity contribution in [1.82, 2.24) is 25.1 Å². The molecule has 4 aromatic rings. The van der Waals surface area contributed by atoms with Gasteiger partial charge in [0.2, 0.25) is 4.96 Å². The number of aromatic nitrogens is 4. The Hall–Kier alpha value is -2.58. The molecule has 0 bridgehead atoms. The van der Waals surface area contributed by atoms with Gasteiger partial charge in [0.15, 0.2) is 5.82 Å². The topological polar surface area (TPSA) is 72.2 Å². The minimum atomic E-state index is -0.0904. The normalized spacial score (nSPS) is 11.0. The van der Waals surface area contributed by atoms with Gasteiger partial charge in [-0.15, -0.1) is 10.2 Å². The first-order valence-corrected chi connectivity index (χ1v) is 10.1. The number of carbonyl (C=O) groups excluding carboxylic acids is 1. The molecule has 0 saturated carbocycles. The van der Waals surface area contributed by atoms with Gasteiger partial charge in [-0.05, 0) is 29.8 Å². The molecule has 0 aliphatic heterocycles. The lowest BCUT2D eigenvalue weighted by Gasteiger charge is -2.06. The smallest absolute Gasteiger partial charge is 0.251 e. The molecule has 2 aromatic heterocycles. The Morgan fingerprint density at radius 3 is 2.56 bits per heavy atom. The molecule has 136 valence electrons. The quantitative estimate of drug-likeness (QED) is 0.505. The Labute approximate surface area is 168 Å². The Balaban J connectivity index is 1.44. The number of hydrogen-bond donors (Lipinski definition) is 1. The molecule has 2 heterocycles. The first-order chi connectivity index (χ1) is 13.1. The van der Waals surface area contributed by atoms with E-state index in [9.17, 15) is 4.79 Å². The van der Waals surface area contributed by atoms with Crippen molar-refractivity contribution in [1.29, 1.82) is 0 Å². The van der Waals surface area contributed by atoms with Gasteiger partial charge in [0.05, 0.1) is 0 Å². The fourth-order valence-corrected chi connectivity index (χ4v) is 3.77. The summed E-state index contributed by atoms with van der Waals surface area (Å²) in [6.45, 7) is 2.51. The van der Waals surface area contributed by atoms with Gasteiger partial charge >= 0.3 is 0 Å². The number of nitrogens with zero attached hydrogens (tertiary/aromatic N) is 4. The summed E-state index contributed by atoms with van der Waals surface area (Å²) in [6, 6.07) is 15.3. The average molecular weight is 442 g/mol. The van der Waals surface area contributed by atoms with Crippen LogP contribution in [0.1, 0.15) is 28.7 Å². The van der Waals surface area contributed by atoms with Gasteiger partial charge in [0.1, 0.15) is 5.01 Å². The number of amides is 1. The highest BCUT2D eigenvalue weighted by Crippen LogP contribution is 2.25. The van der Waals surface area contributed by atoms with Crippen LogP contribution in [0.4, 0.5) is 0 Å². The fourth-order valence-electron chi connectivity index (χ4n) is 2.65. The van der Waals surface area contributed by atoms with E-state index >= 15 is 0 Å². The molecule has 0 aliphatic rings. The number of aryl methyl sites for hydroxylation is 1. The van der Waals surface area contributed by atoms with Crippen LogP contribution in [0.15, 0.2) is 53.0 Å². The van der Waals surface area contributed by atoms with E-state index in [1.807, 2.05) is 43.3 Å². The van der Waals surface area contributed by atoms with Gasteiger partial charge in [0, 0.05) is 28.6 Å². The van der Waals surface area contributed by atoms with Crippen molar-refractivity contribution in [2.45, 2.75) is 19.9 Å². The van der Waals surface area contributed by atoms with Gasteiger partial charge < -0.3 is 5.32 Å². The van der Waals surface area contributed by atoms with Crippen molar-refractivity contribution in [3.8, 4) is 10.6 Å². The summed E-state index contributed by atoms with van der Waals surface area (Å²) in [6.07, 6.45) is 0.793. The molecule has 0 fully saturated rings. The second-order valence-electron chi connectivity index (χ2n) is 5.96. The number of fused-ring (bicyclic) bond motifs is 1. The molecule has 0 saturated heterocycles. The van der Waals surface area contributed by atoms with Gasteiger partial charge in [0.25, 0.3) is 5.91 Å². The van der Waals surface area contributed by atoms with Crippen molar-refractivity contribution in [3.63, 3.8) is 0 Å². The van der Waals surface area contributed by atoms with Crippen LogP contribution in [0.3, 0.4) is 0 Å². The summed E-state index contributed by atoms with van der Waals surface area (Å²) in [5.74, 6) is 0.770. The Morgan fingerprint density at radius 2 is 1.85 bits per heavy atom. The second-order valence-corrected chi connectivity index (χ2v) is 7.83. The molecule has 6 nitrogen and oxygen atoms in total. The monoisotopic (exact) mass is 441 g/mol. The number of benzene rings is 2. The molecule has 0 atom stereocenters. The van der Waals surface area contributed by atoms with Crippen molar-refractivity contribution in [2.75, 3.05) is 0 Å².